The summed E-state index contributed by atoms with van der Waals surface area (Å²) in [7, 11) is 1.42. The van der Waals surface area contributed by atoms with Crippen molar-refractivity contribution < 1.29 is 18.7 Å². The smallest absolute Gasteiger partial charge is 0.338 e. The quantitative estimate of drug-likeness (QED) is 0.574. The molecule has 16 heavy (non-hydrogen) atoms. The minimum atomic E-state index is -0.727. The van der Waals surface area contributed by atoms with Crippen LogP contribution < -0.4 is 11.1 Å². The summed E-state index contributed by atoms with van der Waals surface area (Å²) in [6.07, 6.45) is 0. The molecule has 0 atom stereocenters. The zero-order valence-corrected chi connectivity index (χ0v) is 8.62. The van der Waals surface area contributed by atoms with E-state index in [4.69, 9.17) is 5.73 Å². The second-order valence-corrected chi connectivity index (χ2v) is 2.99. The number of anilines is 1. The average molecular weight is 226 g/mol. The number of ether oxygens (including phenoxy) is 1. The van der Waals surface area contributed by atoms with Crippen LogP contribution in [0.25, 0.3) is 0 Å². The molecule has 0 spiro atoms. The molecule has 0 aliphatic heterocycles. The van der Waals surface area contributed by atoms with Gasteiger partial charge in [-0.3, -0.25) is 4.79 Å². The molecule has 0 aliphatic carbocycles. The summed E-state index contributed by atoms with van der Waals surface area (Å²) in [6.45, 7) is -0.382. The molecule has 0 heterocycles. The fourth-order valence-corrected chi connectivity index (χ4v) is 0.957. The Hall–Kier alpha value is -2.11. The van der Waals surface area contributed by atoms with Crippen LogP contribution in [0.1, 0.15) is 10.4 Å². The molecule has 3 N–H and O–H groups in total. The van der Waals surface area contributed by atoms with Gasteiger partial charge in [-0.25, -0.2) is 9.18 Å². The maximum atomic E-state index is 12.8. The zero-order valence-electron chi connectivity index (χ0n) is 8.62. The number of nitrogens with two attached hydrogens (primary N) is 1. The Morgan fingerprint density at radius 1 is 1.50 bits per heavy atom. The summed E-state index contributed by atoms with van der Waals surface area (Å²) >= 11 is 0. The van der Waals surface area contributed by atoms with Crippen molar-refractivity contribution in [3.8, 4) is 0 Å². The Morgan fingerprint density at radius 3 is 2.75 bits per heavy atom. The molecule has 0 unspecified atom stereocenters. The summed E-state index contributed by atoms with van der Waals surface area (Å²) in [5, 5.41) is 2.29. The molecule has 1 amide bonds. The number of nitrogen functional groups attached to an aromatic ring is 1. The first-order valence-electron chi connectivity index (χ1n) is 4.47. The maximum absolute atomic E-state index is 12.8. The van der Waals surface area contributed by atoms with Gasteiger partial charge < -0.3 is 15.8 Å². The van der Waals surface area contributed by atoms with Gasteiger partial charge in [-0.2, -0.15) is 0 Å². The summed E-state index contributed by atoms with van der Waals surface area (Å²) < 4.78 is 17.4. The van der Waals surface area contributed by atoms with Gasteiger partial charge in [0, 0.05) is 7.05 Å². The standard InChI is InChI=1S/C10H11FN2O3/c1-13-9(14)5-16-10(15)6-2-3-7(11)8(12)4-6/h2-4H,5,12H2,1H3,(H,13,14). The third-order valence-corrected chi connectivity index (χ3v) is 1.84. The normalized spacial score (nSPS) is 9.62. The Bertz CT molecular complexity index is 421. The van der Waals surface area contributed by atoms with Gasteiger partial charge >= 0.3 is 5.97 Å². The van der Waals surface area contributed by atoms with Crippen LogP contribution in [0.3, 0.4) is 0 Å². The number of amides is 1. The van der Waals surface area contributed by atoms with Gasteiger partial charge in [0.2, 0.25) is 0 Å². The third-order valence-electron chi connectivity index (χ3n) is 1.84. The molecule has 1 rings (SSSR count). The number of carbonyl (C=O) groups is 2. The van der Waals surface area contributed by atoms with Crippen molar-refractivity contribution in [3.05, 3.63) is 29.6 Å². The lowest BCUT2D eigenvalue weighted by atomic mass is 10.2. The lowest BCUT2D eigenvalue weighted by molar-refractivity contribution is -0.123. The highest BCUT2D eigenvalue weighted by Crippen LogP contribution is 2.12. The van der Waals surface area contributed by atoms with Crippen molar-refractivity contribution in [2.24, 2.45) is 0 Å². The first kappa shape index (κ1) is 12.0. The molecule has 5 nitrogen and oxygen atoms in total. The van der Waals surface area contributed by atoms with Crippen LogP contribution in [-0.4, -0.2) is 25.5 Å². The van der Waals surface area contributed by atoms with E-state index in [1.165, 1.54) is 13.1 Å². The van der Waals surface area contributed by atoms with Crippen LogP contribution in [-0.2, 0) is 9.53 Å². The van der Waals surface area contributed by atoms with Crippen molar-refractivity contribution in [1.82, 2.24) is 5.32 Å². The molecule has 86 valence electrons. The molecule has 0 aromatic heterocycles. The molecule has 1 aromatic rings. The van der Waals surface area contributed by atoms with Gasteiger partial charge in [-0.05, 0) is 18.2 Å². The predicted octanol–water partition coefficient (Wildman–Crippen LogP) is 0.311. The van der Waals surface area contributed by atoms with Crippen LogP contribution in [0.4, 0.5) is 10.1 Å². The number of nitrogens with one attached hydrogen (secondary N) is 1. The van der Waals surface area contributed by atoms with Crippen LogP contribution in [0.5, 0.6) is 0 Å². The number of likely N-dealkylation sites (N-methyl/N-ethyl adjacent to an activating group) is 1. The second kappa shape index (κ2) is 5.11. The van der Waals surface area contributed by atoms with Crippen molar-refractivity contribution >= 4 is 17.6 Å². The minimum absolute atomic E-state index is 0.0998. The largest absolute Gasteiger partial charge is 0.452 e. The number of rotatable bonds is 3. The highest BCUT2D eigenvalue weighted by molar-refractivity contribution is 5.92. The molecule has 0 radical (unpaired) electrons. The molecular formula is C10H11FN2O3. The number of halogens is 1. The van der Waals surface area contributed by atoms with E-state index in [-0.39, 0.29) is 17.9 Å². The first-order chi connectivity index (χ1) is 7.54. The van der Waals surface area contributed by atoms with E-state index in [0.717, 1.165) is 12.1 Å². The van der Waals surface area contributed by atoms with Crippen molar-refractivity contribution in [2.75, 3.05) is 19.4 Å². The zero-order chi connectivity index (χ0) is 12.1. The molecule has 0 aliphatic rings. The van der Waals surface area contributed by atoms with Crippen molar-refractivity contribution in [3.63, 3.8) is 0 Å². The fraction of sp³-hybridized carbons (Fsp3) is 0.200. The summed E-state index contributed by atoms with van der Waals surface area (Å²) in [5.41, 5.74) is 5.23. The average Bonchev–Trinajstić information content (AvgIpc) is 2.29. The van der Waals surface area contributed by atoms with Crippen LogP contribution in [0.15, 0.2) is 18.2 Å². The number of hydrogen-bond donors (Lipinski definition) is 2. The SMILES string of the molecule is CNC(=O)COC(=O)c1ccc(F)c(N)c1. The van der Waals surface area contributed by atoms with E-state index in [1.54, 1.807) is 0 Å². The third kappa shape index (κ3) is 2.94. The Balaban J connectivity index is 2.66. The van der Waals surface area contributed by atoms with E-state index >= 15 is 0 Å². The van der Waals surface area contributed by atoms with Crippen molar-refractivity contribution in [1.29, 1.82) is 0 Å². The van der Waals surface area contributed by atoms with Crippen LogP contribution in [0.2, 0.25) is 0 Å². The van der Waals surface area contributed by atoms with Crippen LogP contribution in [0, 0.1) is 5.82 Å². The molecule has 0 saturated heterocycles. The van der Waals surface area contributed by atoms with E-state index in [2.05, 4.69) is 10.1 Å². The molecular weight excluding hydrogens is 215 g/mol. The van der Waals surface area contributed by atoms with E-state index in [1.807, 2.05) is 0 Å². The van der Waals surface area contributed by atoms with Crippen molar-refractivity contribution in [2.45, 2.75) is 0 Å². The van der Waals surface area contributed by atoms with Gasteiger partial charge in [0.1, 0.15) is 5.82 Å². The maximum Gasteiger partial charge on any atom is 0.338 e. The minimum Gasteiger partial charge on any atom is -0.452 e. The van der Waals surface area contributed by atoms with Gasteiger partial charge in [0.15, 0.2) is 6.61 Å². The van der Waals surface area contributed by atoms with E-state index in [0.29, 0.717) is 0 Å². The Morgan fingerprint density at radius 2 is 2.19 bits per heavy atom. The lowest BCUT2D eigenvalue weighted by Crippen LogP contribution is -2.25. The summed E-state index contributed by atoms with van der Waals surface area (Å²) in [4.78, 5) is 22.1. The second-order valence-electron chi connectivity index (χ2n) is 2.99. The molecule has 6 heteroatoms. The van der Waals surface area contributed by atoms with E-state index < -0.39 is 17.7 Å². The molecule has 0 saturated carbocycles. The van der Waals surface area contributed by atoms with E-state index in [9.17, 15) is 14.0 Å². The van der Waals surface area contributed by atoms with Gasteiger partial charge in [0.25, 0.3) is 5.91 Å². The number of benzene rings is 1. The highest BCUT2D eigenvalue weighted by Gasteiger charge is 2.10. The fourth-order valence-electron chi connectivity index (χ4n) is 0.957. The van der Waals surface area contributed by atoms with Gasteiger partial charge in [-0.1, -0.05) is 0 Å². The number of esters is 1. The first-order valence-corrected chi connectivity index (χ1v) is 4.47. The highest BCUT2D eigenvalue weighted by atomic mass is 19.1. The number of carbonyl (C=O) groups excluding carboxylic acids is 2. The van der Waals surface area contributed by atoms with Crippen LogP contribution >= 0.6 is 0 Å². The predicted molar refractivity (Wildman–Crippen MR) is 55.2 cm³/mol. The monoisotopic (exact) mass is 226 g/mol. The topological polar surface area (TPSA) is 81.4 Å². The summed E-state index contributed by atoms with van der Waals surface area (Å²) in [5.74, 6) is -1.76. The summed E-state index contributed by atoms with van der Waals surface area (Å²) in [6, 6.07) is 3.45. The number of hydrogen-bond acceptors (Lipinski definition) is 4. The Labute approximate surface area is 91.4 Å². The molecule has 1 aromatic carbocycles. The lowest BCUT2D eigenvalue weighted by Gasteiger charge is -2.04. The molecule has 0 bridgehead atoms. The van der Waals surface area contributed by atoms with Gasteiger partial charge in [-0.15, -0.1) is 0 Å². The van der Waals surface area contributed by atoms with Gasteiger partial charge in [0.05, 0.1) is 11.3 Å². The Kier molecular flexibility index (Phi) is 3.82. The molecule has 0 fully saturated rings.